The molecule has 2 unspecified atom stereocenters. The Morgan fingerprint density at radius 2 is 2.00 bits per heavy atom. The summed E-state index contributed by atoms with van der Waals surface area (Å²) < 4.78 is 5.33. The zero-order valence-electron chi connectivity index (χ0n) is 12.2. The van der Waals surface area contributed by atoms with Crippen molar-refractivity contribution < 1.29 is 9.53 Å². The van der Waals surface area contributed by atoms with E-state index in [4.69, 9.17) is 10.5 Å². The number of methoxy groups -OCH3 is 1. The Morgan fingerprint density at radius 3 is 2.56 bits per heavy atom. The third-order valence-corrected chi connectivity index (χ3v) is 4.19. The van der Waals surface area contributed by atoms with E-state index in [1.54, 1.807) is 7.11 Å². The summed E-state index contributed by atoms with van der Waals surface area (Å²) in [5.41, 5.74) is 5.43. The largest absolute Gasteiger partial charge is 0.378 e. The number of amides is 1. The van der Waals surface area contributed by atoms with Crippen LogP contribution in [0.5, 0.6) is 0 Å². The van der Waals surface area contributed by atoms with Crippen LogP contribution in [-0.4, -0.2) is 43.2 Å². The molecule has 1 aliphatic carbocycles. The fourth-order valence-electron chi connectivity index (χ4n) is 2.72. The molecule has 0 aliphatic heterocycles. The molecule has 2 atom stereocenters. The fraction of sp³-hybridized carbons (Fsp3) is 0.929. The van der Waals surface area contributed by atoms with Gasteiger partial charge in [-0.2, -0.15) is 0 Å². The van der Waals surface area contributed by atoms with Gasteiger partial charge in [0.1, 0.15) is 0 Å². The predicted octanol–water partition coefficient (Wildman–Crippen LogP) is 1.78. The van der Waals surface area contributed by atoms with Crippen LogP contribution in [0, 0.1) is 5.92 Å². The highest BCUT2D eigenvalue weighted by Crippen LogP contribution is 2.28. The molecule has 4 heteroatoms. The number of hydrogen-bond donors (Lipinski definition) is 1. The molecule has 0 aromatic heterocycles. The Bertz CT molecular complexity index is 279. The van der Waals surface area contributed by atoms with E-state index in [0.29, 0.717) is 24.9 Å². The minimum atomic E-state index is -0.391. The second-order valence-electron chi connectivity index (χ2n) is 5.99. The fourth-order valence-corrected chi connectivity index (χ4v) is 2.72. The summed E-state index contributed by atoms with van der Waals surface area (Å²) in [5.74, 6) is 0.616. The zero-order chi connectivity index (χ0) is 13.8. The number of rotatable bonds is 5. The van der Waals surface area contributed by atoms with Crippen molar-refractivity contribution >= 4 is 5.91 Å². The first-order valence-electron chi connectivity index (χ1n) is 6.92. The average Bonchev–Trinajstić information content (AvgIpc) is 2.37. The summed E-state index contributed by atoms with van der Waals surface area (Å²) >= 11 is 0. The van der Waals surface area contributed by atoms with Crippen LogP contribution in [0.2, 0.25) is 0 Å². The standard InChI is InChI=1S/C14H28N2O2/c1-14(2,18-4)9-13(17)16(3)12-8-6-5-7-11(12)10-15/h11-12H,5-10,15H2,1-4H3. The van der Waals surface area contributed by atoms with Crippen molar-refractivity contribution in [3.05, 3.63) is 0 Å². The van der Waals surface area contributed by atoms with Gasteiger partial charge >= 0.3 is 0 Å². The summed E-state index contributed by atoms with van der Waals surface area (Å²) in [6, 6.07) is 0.309. The highest BCUT2D eigenvalue weighted by atomic mass is 16.5. The third-order valence-electron chi connectivity index (χ3n) is 4.19. The van der Waals surface area contributed by atoms with Crippen LogP contribution in [0.4, 0.5) is 0 Å². The van der Waals surface area contributed by atoms with Crippen LogP contribution in [0.15, 0.2) is 0 Å². The van der Waals surface area contributed by atoms with Gasteiger partial charge in [-0.15, -0.1) is 0 Å². The average molecular weight is 256 g/mol. The molecule has 0 aromatic carbocycles. The molecule has 0 heterocycles. The summed E-state index contributed by atoms with van der Waals surface area (Å²) in [6.07, 6.45) is 5.09. The molecule has 106 valence electrons. The van der Waals surface area contributed by atoms with Gasteiger partial charge in [-0.3, -0.25) is 4.79 Å². The topological polar surface area (TPSA) is 55.6 Å². The second kappa shape index (κ2) is 6.53. The molecule has 0 radical (unpaired) electrons. The number of nitrogens with two attached hydrogens (primary N) is 1. The molecule has 1 saturated carbocycles. The van der Waals surface area contributed by atoms with Crippen molar-refractivity contribution in [2.75, 3.05) is 20.7 Å². The van der Waals surface area contributed by atoms with Crippen molar-refractivity contribution in [3.63, 3.8) is 0 Å². The molecule has 0 bridgehead atoms. The third kappa shape index (κ3) is 3.95. The predicted molar refractivity (Wildman–Crippen MR) is 73.3 cm³/mol. The van der Waals surface area contributed by atoms with Gasteiger partial charge in [-0.1, -0.05) is 12.8 Å². The van der Waals surface area contributed by atoms with Gasteiger partial charge in [0.25, 0.3) is 0 Å². The Balaban J connectivity index is 2.61. The molecule has 0 aromatic rings. The smallest absolute Gasteiger partial charge is 0.225 e. The van der Waals surface area contributed by atoms with Crippen molar-refractivity contribution in [2.24, 2.45) is 11.7 Å². The molecular weight excluding hydrogens is 228 g/mol. The second-order valence-corrected chi connectivity index (χ2v) is 5.99. The van der Waals surface area contributed by atoms with Crippen LogP contribution in [0.1, 0.15) is 46.0 Å². The maximum Gasteiger partial charge on any atom is 0.225 e. The number of ether oxygens (including phenoxy) is 1. The first-order chi connectivity index (χ1) is 8.41. The van der Waals surface area contributed by atoms with Gasteiger partial charge in [0.2, 0.25) is 5.91 Å². The van der Waals surface area contributed by atoms with Gasteiger partial charge < -0.3 is 15.4 Å². The molecule has 0 saturated heterocycles. The van der Waals surface area contributed by atoms with Gasteiger partial charge in [-0.25, -0.2) is 0 Å². The van der Waals surface area contributed by atoms with Gasteiger partial charge in [0.05, 0.1) is 12.0 Å². The lowest BCUT2D eigenvalue weighted by Crippen LogP contribution is -2.47. The van der Waals surface area contributed by atoms with E-state index >= 15 is 0 Å². The normalized spacial score (nSPS) is 24.9. The Morgan fingerprint density at radius 1 is 1.39 bits per heavy atom. The van der Waals surface area contributed by atoms with Crippen molar-refractivity contribution in [1.29, 1.82) is 0 Å². The summed E-state index contributed by atoms with van der Waals surface area (Å²) in [4.78, 5) is 14.2. The van der Waals surface area contributed by atoms with Crippen molar-refractivity contribution in [2.45, 2.75) is 57.6 Å². The van der Waals surface area contributed by atoms with E-state index in [0.717, 1.165) is 12.8 Å². The zero-order valence-corrected chi connectivity index (χ0v) is 12.2. The molecule has 4 nitrogen and oxygen atoms in total. The van der Waals surface area contributed by atoms with Crippen LogP contribution >= 0.6 is 0 Å². The Labute approximate surface area is 111 Å². The quantitative estimate of drug-likeness (QED) is 0.815. The number of carbonyl (C=O) groups is 1. The van der Waals surface area contributed by atoms with E-state index in [1.165, 1.54) is 12.8 Å². The van der Waals surface area contributed by atoms with Crippen LogP contribution < -0.4 is 5.73 Å². The lowest BCUT2D eigenvalue weighted by Gasteiger charge is -2.38. The van der Waals surface area contributed by atoms with E-state index in [9.17, 15) is 4.79 Å². The Hall–Kier alpha value is -0.610. The molecule has 1 aliphatic rings. The monoisotopic (exact) mass is 256 g/mol. The van der Waals surface area contributed by atoms with Crippen LogP contribution in [0.25, 0.3) is 0 Å². The molecule has 1 amide bonds. The SMILES string of the molecule is COC(C)(C)CC(=O)N(C)C1CCCCC1CN. The van der Waals surface area contributed by atoms with Gasteiger partial charge in [0, 0.05) is 20.2 Å². The molecule has 2 N–H and O–H groups in total. The first-order valence-corrected chi connectivity index (χ1v) is 6.92. The molecule has 0 spiro atoms. The van der Waals surface area contributed by atoms with Gasteiger partial charge in [0.15, 0.2) is 0 Å². The number of carbonyl (C=O) groups excluding carboxylic acids is 1. The summed E-state index contributed by atoms with van der Waals surface area (Å²) in [5, 5.41) is 0. The van der Waals surface area contributed by atoms with E-state index in [1.807, 2.05) is 25.8 Å². The van der Waals surface area contributed by atoms with Crippen molar-refractivity contribution in [3.8, 4) is 0 Å². The maximum absolute atomic E-state index is 12.3. The minimum absolute atomic E-state index is 0.159. The lowest BCUT2D eigenvalue weighted by atomic mass is 9.83. The van der Waals surface area contributed by atoms with Crippen LogP contribution in [0.3, 0.4) is 0 Å². The lowest BCUT2D eigenvalue weighted by molar-refractivity contribution is -0.138. The number of nitrogens with zero attached hydrogens (tertiary/aromatic N) is 1. The first kappa shape index (κ1) is 15.4. The van der Waals surface area contributed by atoms with Gasteiger partial charge in [-0.05, 0) is 39.2 Å². The van der Waals surface area contributed by atoms with E-state index in [2.05, 4.69) is 0 Å². The highest BCUT2D eigenvalue weighted by Gasteiger charge is 2.32. The number of hydrogen-bond acceptors (Lipinski definition) is 3. The van der Waals surface area contributed by atoms with E-state index < -0.39 is 5.60 Å². The van der Waals surface area contributed by atoms with E-state index in [-0.39, 0.29) is 5.91 Å². The Kier molecular flexibility index (Phi) is 5.60. The van der Waals surface area contributed by atoms with Crippen LogP contribution in [-0.2, 0) is 9.53 Å². The maximum atomic E-state index is 12.3. The van der Waals surface area contributed by atoms with Crippen molar-refractivity contribution in [1.82, 2.24) is 4.90 Å². The molecular formula is C14H28N2O2. The highest BCUT2D eigenvalue weighted by molar-refractivity contribution is 5.77. The minimum Gasteiger partial charge on any atom is -0.378 e. The summed E-state index contributed by atoms with van der Waals surface area (Å²) in [6.45, 7) is 4.57. The summed E-state index contributed by atoms with van der Waals surface area (Å²) in [7, 11) is 3.56. The molecule has 1 rings (SSSR count). The molecule has 18 heavy (non-hydrogen) atoms. The molecule has 1 fully saturated rings.